The summed E-state index contributed by atoms with van der Waals surface area (Å²) in [6, 6.07) is 0.0638. The van der Waals surface area contributed by atoms with Crippen molar-refractivity contribution in [2.24, 2.45) is 0 Å². The lowest BCUT2D eigenvalue weighted by Crippen LogP contribution is -2.32. The van der Waals surface area contributed by atoms with Crippen molar-refractivity contribution in [3.05, 3.63) is 24.3 Å². The first-order valence-electron chi connectivity index (χ1n) is 4.11. The van der Waals surface area contributed by atoms with Crippen LogP contribution < -0.4 is 0 Å². The number of hydrogen-bond donors (Lipinski definition) is 0. The number of amides is 1. The van der Waals surface area contributed by atoms with Gasteiger partial charge in [-0.15, -0.1) is 0 Å². The predicted octanol–water partition coefficient (Wildman–Crippen LogP) is 0.931. The molecular formula is C9H9NO2S. The second-order valence-electron chi connectivity index (χ2n) is 2.94. The first-order valence-corrected chi connectivity index (χ1v) is 5.06. The van der Waals surface area contributed by atoms with Crippen LogP contribution in [0, 0.1) is 0 Å². The molecule has 1 amide bonds. The Labute approximate surface area is 80.6 Å². The van der Waals surface area contributed by atoms with Crippen LogP contribution in [0.15, 0.2) is 24.3 Å². The number of carbonyl (C=O) groups is 2. The minimum Gasteiger partial charge on any atom is -0.288 e. The third-order valence-electron chi connectivity index (χ3n) is 2.03. The van der Waals surface area contributed by atoms with Crippen LogP contribution >= 0.6 is 11.9 Å². The Morgan fingerprint density at radius 3 is 2.77 bits per heavy atom. The first kappa shape index (κ1) is 8.56. The van der Waals surface area contributed by atoms with Crippen molar-refractivity contribution in [1.82, 2.24) is 4.31 Å². The molecule has 3 nitrogen and oxygen atoms in total. The molecule has 0 aromatic heterocycles. The third kappa shape index (κ3) is 1.54. The van der Waals surface area contributed by atoms with Crippen molar-refractivity contribution in [3.63, 3.8) is 0 Å². The topological polar surface area (TPSA) is 37.4 Å². The van der Waals surface area contributed by atoms with Crippen LogP contribution in [-0.4, -0.2) is 27.8 Å². The van der Waals surface area contributed by atoms with Crippen LogP contribution in [0.2, 0.25) is 0 Å². The average molecular weight is 195 g/mol. The smallest absolute Gasteiger partial charge is 0.288 e. The zero-order valence-electron chi connectivity index (χ0n) is 6.97. The molecule has 0 bridgehead atoms. The Kier molecular flexibility index (Phi) is 2.22. The molecule has 4 heteroatoms. The van der Waals surface area contributed by atoms with Crippen molar-refractivity contribution in [3.8, 4) is 0 Å². The SMILES string of the molecule is O=C1CSN(C2C=CC=CC2)C1=O. The molecule has 0 spiro atoms. The van der Waals surface area contributed by atoms with E-state index in [9.17, 15) is 9.59 Å². The zero-order valence-corrected chi connectivity index (χ0v) is 7.79. The van der Waals surface area contributed by atoms with Gasteiger partial charge in [-0.05, 0) is 18.4 Å². The first-order chi connectivity index (χ1) is 6.29. The molecule has 1 aliphatic heterocycles. The molecule has 2 aliphatic rings. The highest BCUT2D eigenvalue weighted by Gasteiger charge is 2.34. The zero-order chi connectivity index (χ0) is 9.26. The Hall–Kier alpha value is -1.03. The molecule has 1 atom stereocenters. The fraction of sp³-hybridized carbons (Fsp3) is 0.333. The van der Waals surface area contributed by atoms with Crippen LogP contribution in [0.4, 0.5) is 0 Å². The van der Waals surface area contributed by atoms with Gasteiger partial charge in [0.1, 0.15) is 0 Å². The molecular weight excluding hydrogens is 186 g/mol. The van der Waals surface area contributed by atoms with Gasteiger partial charge in [-0.2, -0.15) is 0 Å². The van der Waals surface area contributed by atoms with E-state index < -0.39 is 0 Å². The number of hydrogen-bond acceptors (Lipinski definition) is 3. The molecule has 1 heterocycles. The molecule has 1 fully saturated rings. The summed E-state index contributed by atoms with van der Waals surface area (Å²) in [6.07, 6.45) is 8.61. The highest BCUT2D eigenvalue weighted by molar-refractivity contribution is 7.99. The summed E-state index contributed by atoms with van der Waals surface area (Å²) in [6.45, 7) is 0. The predicted molar refractivity (Wildman–Crippen MR) is 51.0 cm³/mol. The minimum absolute atomic E-state index is 0.0638. The molecule has 0 aromatic carbocycles. The largest absolute Gasteiger partial charge is 0.301 e. The summed E-state index contributed by atoms with van der Waals surface area (Å²) in [5.41, 5.74) is 0. The maximum Gasteiger partial charge on any atom is 0.301 e. The van der Waals surface area contributed by atoms with Crippen molar-refractivity contribution < 1.29 is 9.59 Å². The third-order valence-corrected chi connectivity index (χ3v) is 3.14. The van der Waals surface area contributed by atoms with E-state index in [0.717, 1.165) is 6.42 Å². The molecule has 1 aliphatic carbocycles. The second kappa shape index (κ2) is 3.38. The van der Waals surface area contributed by atoms with Gasteiger partial charge in [0.2, 0.25) is 5.78 Å². The van der Waals surface area contributed by atoms with Crippen molar-refractivity contribution in [2.45, 2.75) is 12.5 Å². The van der Waals surface area contributed by atoms with E-state index in [4.69, 9.17) is 0 Å². The van der Waals surface area contributed by atoms with E-state index in [0.29, 0.717) is 5.75 Å². The number of rotatable bonds is 1. The Morgan fingerprint density at radius 2 is 2.23 bits per heavy atom. The standard InChI is InChI=1S/C9H9NO2S/c11-8-6-13-10(9(8)12)7-4-2-1-3-5-7/h1-4,7H,5-6H2. The van der Waals surface area contributed by atoms with Gasteiger partial charge in [0.25, 0.3) is 0 Å². The molecule has 0 saturated carbocycles. The minimum atomic E-state index is -0.352. The van der Waals surface area contributed by atoms with Crippen LogP contribution in [-0.2, 0) is 9.59 Å². The molecule has 0 N–H and O–H groups in total. The molecule has 13 heavy (non-hydrogen) atoms. The number of Topliss-reactive ketones (excluding diaryl/α,β-unsaturated/α-hetero) is 1. The number of carbonyl (C=O) groups excluding carboxylic acids is 2. The number of ketones is 1. The van der Waals surface area contributed by atoms with Gasteiger partial charge >= 0.3 is 5.91 Å². The second-order valence-corrected chi connectivity index (χ2v) is 3.88. The summed E-state index contributed by atoms with van der Waals surface area (Å²) in [5.74, 6) is -0.338. The molecule has 1 unspecified atom stereocenters. The maximum absolute atomic E-state index is 11.3. The van der Waals surface area contributed by atoms with Crippen LogP contribution in [0.1, 0.15) is 6.42 Å². The highest BCUT2D eigenvalue weighted by Crippen LogP contribution is 2.26. The highest BCUT2D eigenvalue weighted by atomic mass is 32.2. The molecule has 0 radical (unpaired) electrons. The number of nitrogens with zero attached hydrogens (tertiary/aromatic N) is 1. The Bertz CT molecular complexity index is 309. The summed E-state index contributed by atoms with van der Waals surface area (Å²) < 4.78 is 1.57. The van der Waals surface area contributed by atoms with Gasteiger partial charge in [-0.25, -0.2) is 0 Å². The van der Waals surface area contributed by atoms with Gasteiger partial charge in [-0.1, -0.05) is 24.3 Å². The van der Waals surface area contributed by atoms with E-state index in [1.54, 1.807) is 4.31 Å². The summed E-state index contributed by atoms with van der Waals surface area (Å²) in [4.78, 5) is 22.3. The van der Waals surface area contributed by atoms with Crippen molar-refractivity contribution in [1.29, 1.82) is 0 Å². The summed E-state index contributed by atoms with van der Waals surface area (Å²) in [7, 11) is 0. The van der Waals surface area contributed by atoms with Crippen LogP contribution in [0.3, 0.4) is 0 Å². The molecule has 68 valence electrons. The Morgan fingerprint density at radius 1 is 1.38 bits per heavy atom. The molecule has 1 saturated heterocycles. The monoisotopic (exact) mass is 195 g/mol. The van der Waals surface area contributed by atoms with Gasteiger partial charge in [0, 0.05) is 0 Å². The lowest BCUT2D eigenvalue weighted by atomic mass is 10.1. The summed E-state index contributed by atoms with van der Waals surface area (Å²) >= 11 is 1.31. The van der Waals surface area contributed by atoms with Gasteiger partial charge in [0.15, 0.2) is 0 Å². The number of allylic oxidation sites excluding steroid dienone is 2. The van der Waals surface area contributed by atoms with E-state index in [1.165, 1.54) is 11.9 Å². The van der Waals surface area contributed by atoms with E-state index in [1.807, 2.05) is 24.3 Å². The van der Waals surface area contributed by atoms with Crippen molar-refractivity contribution in [2.75, 3.05) is 5.75 Å². The van der Waals surface area contributed by atoms with Crippen molar-refractivity contribution >= 4 is 23.6 Å². The normalized spacial score (nSPS) is 27.4. The van der Waals surface area contributed by atoms with Gasteiger partial charge in [-0.3, -0.25) is 13.9 Å². The van der Waals surface area contributed by atoms with Gasteiger partial charge < -0.3 is 0 Å². The quantitative estimate of drug-likeness (QED) is 0.461. The van der Waals surface area contributed by atoms with Crippen LogP contribution in [0.5, 0.6) is 0 Å². The maximum atomic E-state index is 11.3. The average Bonchev–Trinajstić information content (AvgIpc) is 2.49. The van der Waals surface area contributed by atoms with Crippen LogP contribution in [0.25, 0.3) is 0 Å². The van der Waals surface area contributed by atoms with E-state index >= 15 is 0 Å². The van der Waals surface area contributed by atoms with E-state index in [2.05, 4.69) is 0 Å². The van der Waals surface area contributed by atoms with E-state index in [-0.39, 0.29) is 17.7 Å². The van der Waals surface area contributed by atoms with Gasteiger partial charge in [0.05, 0.1) is 11.8 Å². The fourth-order valence-corrected chi connectivity index (χ4v) is 2.31. The summed E-state index contributed by atoms with van der Waals surface area (Å²) in [5, 5.41) is 0. The molecule has 2 rings (SSSR count). The fourth-order valence-electron chi connectivity index (χ4n) is 1.36. The molecule has 0 aromatic rings. The lowest BCUT2D eigenvalue weighted by molar-refractivity contribution is -0.139. The lowest BCUT2D eigenvalue weighted by Gasteiger charge is -2.22. The Balaban J connectivity index is 2.10.